The van der Waals surface area contributed by atoms with Crippen LogP contribution in [0.15, 0.2) is 55.5 Å². The number of fused-ring (bicyclic) bond motifs is 1. The van der Waals surface area contributed by atoms with E-state index < -0.39 is 0 Å². The van der Waals surface area contributed by atoms with Crippen molar-refractivity contribution in [1.29, 1.82) is 0 Å². The molecule has 3 heterocycles. The molecule has 0 saturated heterocycles. The fraction of sp³-hybridized carbons (Fsp3) is 0.238. The first-order chi connectivity index (χ1) is 13.0. The number of aromatic nitrogens is 5. The fourth-order valence-electron chi connectivity index (χ4n) is 3.10. The van der Waals surface area contributed by atoms with Gasteiger partial charge in [-0.1, -0.05) is 12.1 Å². The Morgan fingerprint density at radius 3 is 2.63 bits per heavy atom. The molecule has 0 saturated carbocycles. The van der Waals surface area contributed by atoms with E-state index in [4.69, 9.17) is 0 Å². The van der Waals surface area contributed by atoms with E-state index in [1.54, 1.807) is 18.9 Å². The summed E-state index contributed by atoms with van der Waals surface area (Å²) in [4.78, 5) is 25.4. The van der Waals surface area contributed by atoms with Crippen LogP contribution in [-0.2, 0) is 13.5 Å². The average Bonchev–Trinajstić information content (AvgIpc) is 3.30. The topological polar surface area (TPSA) is 65.6 Å². The van der Waals surface area contributed by atoms with Gasteiger partial charge in [0, 0.05) is 42.1 Å². The van der Waals surface area contributed by atoms with E-state index >= 15 is 0 Å². The normalized spacial score (nSPS) is 11.4. The van der Waals surface area contributed by atoms with E-state index in [0.717, 1.165) is 27.7 Å². The summed E-state index contributed by atoms with van der Waals surface area (Å²) in [6, 6.07) is 8.47. The summed E-state index contributed by atoms with van der Waals surface area (Å²) in [5.74, 6) is -0.0240. The highest BCUT2D eigenvalue weighted by atomic mass is 16.1. The molecule has 0 unspecified atom stereocenters. The maximum absolute atomic E-state index is 12.6. The van der Waals surface area contributed by atoms with Crippen molar-refractivity contribution >= 4 is 16.6 Å². The van der Waals surface area contributed by atoms with Crippen LogP contribution in [0.25, 0.3) is 22.0 Å². The number of carbonyl (C=O) groups is 1. The number of benzene rings is 1. The fourth-order valence-corrected chi connectivity index (χ4v) is 3.10. The van der Waals surface area contributed by atoms with Crippen molar-refractivity contribution in [2.45, 2.75) is 26.3 Å². The second-order valence-electron chi connectivity index (χ2n) is 7.03. The van der Waals surface area contributed by atoms with Gasteiger partial charge in [-0.2, -0.15) is 0 Å². The summed E-state index contributed by atoms with van der Waals surface area (Å²) in [6.45, 7) is 4.11. The smallest absolute Gasteiger partial charge is 0.188 e. The molecule has 0 aliphatic carbocycles. The van der Waals surface area contributed by atoms with Gasteiger partial charge in [0.05, 0.1) is 31.0 Å². The molecule has 27 heavy (non-hydrogen) atoms. The predicted molar refractivity (Wildman–Crippen MR) is 105 cm³/mol. The lowest BCUT2D eigenvalue weighted by atomic mass is 10.0. The Kier molecular flexibility index (Phi) is 4.32. The number of carbonyl (C=O) groups excluding carboxylic acids is 1. The Labute approximate surface area is 157 Å². The molecule has 0 atom stereocenters. The maximum atomic E-state index is 12.6. The zero-order valence-corrected chi connectivity index (χ0v) is 15.6. The molecule has 3 aromatic heterocycles. The van der Waals surface area contributed by atoms with E-state index in [1.807, 2.05) is 40.7 Å². The highest BCUT2D eigenvalue weighted by Crippen LogP contribution is 2.24. The van der Waals surface area contributed by atoms with Gasteiger partial charge in [0.1, 0.15) is 5.69 Å². The summed E-state index contributed by atoms with van der Waals surface area (Å²) in [7, 11) is 1.97. The first-order valence-corrected chi connectivity index (χ1v) is 8.93. The monoisotopic (exact) mass is 359 g/mol. The number of hydrogen-bond acceptors (Lipinski definition) is 4. The molecule has 0 aliphatic heterocycles. The highest BCUT2D eigenvalue weighted by molar-refractivity contribution is 5.96. The predicted octanol–water partition coefficient (Wildman–Crippen LogP) is 3.84. The molecule has 136 valence electrons. The second-order valence-corrected chi connectivity index (χ2v) is 7.03. The van der Waals surface area contributed by atoms with Crippen molar-refractivity contribution in [2.75, 3.05) is 0 Å². The minimum Gasteiger partial charge on any atom is -0.334 e. The molecule has 0 radical (unpaired) electrons. The minimum atomic E-state index is -0.0240. The molecule has 4 aromatic rings. The number of ketones is 1. The van der Waals surface area contributed by atoms with Crippen LogP contribution in [0.1, 0.15) is 36.1 Å². The van der Waals surface area contributed by atoms with Crippen molar-refractivity contribution in [3.63, 3.8) is 0 Å². The summed E-state index contributed by atoms with van der Waals surface area (Å²) >= 11 is 0. The van der Waals surface area contributed by atoms with Crippen LogP contribution in [0.5, 0.6) is 0 Å². The first kappa shape index (κ1) is 17.1. The highest BCUT2D eigenvalue weighted by Gasteiger charge is 2.13. The number of hydrogen-bond donors (Lipinski definition) is 0. The van der Waals surface area contributed by atoms with Crippen LogP contribution in [0.2, 0.25) is 0 Å². The van der Waals surface area contributed by atoms with Crippen molar-refractivity contribution < 1.29 is 4.79 Å². The summed E-state index contributed by atoms with van der Waals surface area (Å²) in [5, 5.41) is 2.10. The lowest BCUT2D eigenvalue weighted by molar-refractivity contribution is 0.0987. The van der Waals surface area contributed by atoms with Gasteiger partial charge < -0.3 is 9.13 Å². The number of nitrogens with zero attached hydrogens (tertiary/aromatic N) is 5. The number of aryl methyl sites for hydroxylation is 1. The summed E-state index contributed by atoms with van der Waals surface area (Å²) < 4.78 is 3.92. The number of imidazole rings is 2. The van der Waals surface area contributed by atoms with E-state index in [9.17, 15) is 4.79 Å². The third kappa shape index (κ3) is 3.38. The van der Waals surface area contributed by atoms with Crippen LogP contribution in [0.3, 0.4) is 0 Å². The number of pyridine rings is 1. The maximum Gasteiger partial charge on any atom is 0.188 e. The quantitative estimate of drug-likeness (QED) is 0.508. The van der Waals surface area contributed by atoms with E-state index in [1.165, 1.54) is 0 Å². The van der Waals surface area contributed by atoms with Gasteiger partial charge in [-0.15, -0.1) is 0 Å². The molecule has 6 nitrogen and oxygen atoms in total. The molecule has 0 N–H and O–H groups in total. The Morgan fingerprint density at radius 2 is 1.93 bits per heavy atom. The Morgan fingerprint density at radius 1 is 1.07 bits per heavy atom. The van der Waals surface area contributed by atoms with Crippen molar-refractivity contribution in [1.82, 2.24) is 24.1 Å². The molecule has 0 bridgehead atoms. The molecular weight excluding hydrogens is 338 g/mol. The van der Waals surface area contributed by atoms with Crippen molar-refractivity contribution in [3.05, 3.63) is 66.9 Å². The lowest BCUT2D eigenvalue weighted by Gasteiger charge is -2.06. The van der Waals surface area contributed by atoms with E-state index in [-0.39, 0.29) is 18.2 Å². The third-order valence-corrected chi connectivity index (χ3v) is 4.72. The van der Waals surface area contributed by atoms with Gasteiger partial charge in [-0.3, -0.25) is 9.78 Å². The molecule has 6 heteroatoms. The van der Waals surface area contributed by atoms with Gasteiger partial charge in [0.25, 0.3) is 0 Å². The van der Waals surface area contributed by atoms with E-state index in [2.05, 4.69) is 40.9 Å². The van der Waals surface area contributed by atoms with Gasteiger partial charge >= 0.3 is 0 Å². The minimum absolute atomic E-state index is 0.0240. The summed E-state index contributed by atoms with van der Waals surface area (Å²) in [6.07, 6.45) is 9.18. The lowest BCUT2D eigenvalue weighted by Crippen LogP contribution is -2.06. The first-order valence-electron chi connectivity index (χ1n) is 8.93. The largest absolute Gasteiger partial charge is 0.334 e. The molecule has 0 fully saturated rings. The van der Waals surface area contributed by atoms with Crippen LogP contribution in [-0.4, -0.2) is 29.9 Å². The third-order valence-electron chi connectivity index (χ3n) is 4.72. The van der Waals surface area contributed by atoms with Gasteiger partial charge in [0.15, 0.2) is 5.78 Å². The van der Waals surface area contributed by atoms with E-state index in [0.29, 0.717) is 5.69 Å². The van der Waals surface area contributed by atoms with Crippen LogP contribution in [0, 0.1) is 0 Å². The molecule has 1 aromatic carbocycles. The van der Waals surface area contributed by atoms with Crippen molar-refractivity contribution in [2.24, 2.45) is 7.05 Å². The zero-order chi connectivity index (χ0) is 19.0. The molecule has 0 spiro atoms. The standard InChI is InChI=1S/C21H21N5O/c1-14(2)26-11-19(24-13-26)21(27)8-18-7-17-6-15(4-5-16(17)9-23-18)20-10-22-12-25(20)3/h4-7,9-14H,8H2,1-3H3. The van der Waals surface area contributed by atoms with Gasteiger partial charge in [-0.25, -0.2) is 9.97 Å². The number of rotatable bonds is 5. The van der Waals surface area contributed by atoms with Gasteiger partial charge in [-0.05, 0) is 31.4 Å². The molecule has 0 amide bonds. The van der Waals surface area contributed by atoms with Crippen LogP contribution in [0.4, 0.5) is 0 Å². The SMILES string of the molecule is CC(C)n1cnc(C(=O)Cc2cc3cc(-c4cncn4C)ccc3cn2)c1. The number of Topliss-reactive ketones (excluding diaryl/α,β-unsaturated/α-hetero) is 1. The molecule has 0 aliphatic rings. The van der Waals surface area contributed by atoms with Gasteiger partial charge in [0.2, 0.25) is 0 Å². The zero-order valence-electron chi connectivity index (χ0n) is 15.6. The van der Waals surface area contributed by atoms with Crippen molar-refractivity contribution in [3.8, 4) is 11.3 Å². The second kappa shape index (κ2) is 6.79. The van der Waals surface area contributed by atoms with Crippen LogP contribution < -0.4 is 0 Å². The average molecular weight is 359 g/mol. The summed E-state index contributed by atoms with van der Waals surface area (Å²) in [5.41, 5.74) is 3.36. The Hall–Kier alpha value is -3.28. The Bertz CT molecular complexity index is 1120. The Balaban J connectivity index is 1.62. The molecular formula is C21H21N5O. The van der Waals surface area contributed by atoms with Crippen LogP contribution >= 0.6 is 0 Å². The molecule has 4 rings (SSSR count).